The van der Waals surface area contributed by atoms with Crippen LogP contribution in [0.15, 0.2) is 22.4 Å². The molecule has 68 valence electrons. The third kappa shape index (κ3) is 1.94. The van der Waals surface area contributed by atoms with Gasteiger partial charge in [0, 0.05) is 12.2 Å². The molecule has 0 aromatic rings. The quantitative estimate of drug-likeness (QED) is 0.629. The van der Waals surface area contributed by atoms with Gasteiger partial charge in [-0.05, 0) is 13.0 Å². The molecule has 12 heavy (non-hydrogen) atoms. The highest BCUT2D eigenvalue weighted by Gasteiger charge is 2.34. The summed E-state index contributed by atoms with van der Waals surface area (Å²) >= 11 is 5.51. The Balaban J connectivity index is 2.91. The highest BCUT2D eigenvalue weighted by atomic mass is 35.5. The van der Waals surface area contributed by atoms with Crippen LogP contribution < -0.4 is 5.32 Å². The Bertz CT molecular complexity index is 252. The van der Waals surface area contributed by atoms with E-state index in [1.54, 1.807) is 6.92 Å². The third-order valence-corrected chi connectivity index (χ3v) is 1.96. The lowest BCUT2D eigenvalue weighted by molar-refractivity contribution is -0.0929. The van der Waals surface area contributed by atoms with Crippen LogP contribution in [0.25, 0.3) is 0 Å². The van der Waals surface area contributed by atoms with Crippen molar-refractivity contribution in [3.05, 3.63) is 22.4 Å². The van der Waals surface area contributed by atoms with Crippen molar-refractivity contribution in [1.82, 2.24) is 5.32 Å². The van der Waals surface area contributed by atoms with Crippen molar-refractivity contribution in [2.24, 2.45) is 0 Å². The van der Waals surface area contributed by atoms with Crippen molar-refractivity contribution in [3.63, 3.8) is 0 Å². The van der Waals surface area contributed by atoms with Crippen LogP contribution in [0.1, 0.15) is 6.92 Å². The highest BCUT2D eigenvalue weighted by molar-refractivity contribution is 6.31. The van der Waals surface area contributed by atoms with Gasteiger partial charge in [0.2, 0.25) is 0 Å². The summed E-state index contributed by atoms with van der Waals surface area (Å²) in [7, 11) is 0. The summed E-state index contributed by atoms with van der Waals surface area (Å²) in [6.45, 7) is 1.43. The van der Waals surface area contributed by atoms with E-state index < -0.39 is 11.7 Å². The van der Waals surface area contributed by atoms with Crippen LogP contribution in [0.5, 0.6) is 0 Å². The van der Waals surface area contributed by atoms with Gasteiger partial charge in [0.05, 0.1) is 10.6 Å². The zero-order chi connectivity index (χ0) is 9.35. The van der Waals surface area contributed by atoms with E-state index in [0.717, 1.165) is 6.08 Å². The number of alkyl halides is 3. The van der Waals surface area contributed by atoms with E-state index >= 15 is 0 Å². The van der Waals surface area contributed by atoms with Crippen LogP contribution in [0.2, 0.25) is 0 Å². The first-order valence-corrected chi connectivity index (χ1v) is 3.67. The molecule has 0 aromatic carbocycles. The molecule has 0 saturated carbocycles. The molecule has 1 aliphatic heterocycles. The maximum Gasteiger partial charge on any atom is 0.414 e. The largest absolute Gasteiger partial charge is 0.414 e. The van der Waals surface area contributed by atoms with Gasteiger partial charge >= 0.3 is 6.18 Å². The highest BCUT2D eigenvalue weighted by Crippen LogP contribution is 2.29. The average Bonchev–Trinajstić information content (AvgIpc) is 1.92. The first-order valence-electron chi connectivity index (χ1n) is 3.29. The van der Waals surface area contributed by atoms with E-state index in [-0.39, 0.29) is 11.6 Å². The Morgan fingerprint density at radius 3 is 2.50 bits per heavy atom. The number of allylic oxidation sites excluding steroid dienone is 3. The minimum Gasteiger partial charge on any atom is -0.383 e. The second-order valence-corrected chi connectivity index (χ2v) is 2.90. The summed E-state index contributed by atoms with van der Waals surface area (Å²) in [6, 6.07) is 0. The molecule has 0 aromatic heterocycles. The Kier molecular flexibility index (Phi) is 2.37. The lowest BCUT2D eigenvalue weighted by Crippen LogP contribution is -2.27. The summed E-state index contributed by atoms with van der Waals surface area (Å²) in [5, 5.41) is 2.67. The predicted molar refractivity (Wildman–Crippen MR) is 40.7 cm³/mol. The van der Waals surface area contributed by atoms with E-state index in [1.165, 1.54) is 0 Å². The molecule has 5 heteroatoms. The summed E-state index contributed by atoms with van der Waals surface area (Å²) in [6.07, 6.45) is -3.33. The fourth-order valence-electron chi connectivity index (χ4n) is 0.807. The molecule has 0 radical (unpaired) electrons. The van der Waals surface area contributed by atoms with Gasteiger partial charge in [-0.15, -0.1) is 0 Å². The average molecular weight is 198 g/mol. The van der Waals surface area contributed by atoms with E-state index in [0.29, 0.717) is 5.70 Å². The van der Waals surface area contributed by atoms with Crippen molar-refractivity contribution in [3.8, 4) is 0 Å². The molecule has 1 aliphatic rings. The molecule has 1 rings (SSSR count). The van der Waals surface area contributed by atoms with E-state index in [9.17, 15) is 13.2 Å². The number of nitrogens with one attached hydrogen (secondary N) is 1. The molecule has 0 unspecified atom stereocenters. The molecule has 0 aliphatic carbocycles. The lowest BCUT2D eigenvalue weighted by Gasteiger charge is -2.18. The lowest BCUT2D eigenvalue weighted by atomic mass is 10.1. The Labute approximate surface area is 72.9 Å². The molecule has 1 heterocycles. The van der Waals surface area contributed by atoms with Gasteiger partial charge in [-0.25, -0.2) is 0 Å². The topological polar surface area (TPSA) is 12.0 Å². The number of hydrogen-bond acceptors (Lipinski definition) is 1. The zero-order valence-electron chi connectivity index (χ0n) is 6.30. The normalized spacial score (nSPS) is 18.9. The summed E-state index contributed by atoms with van der Waals surface area (Å²) in [5.74, 6) is 0. The first kappa shape index (κ1) is 9.45. The molecule has 0 saturated heterocycles. The van der Waals surface area contributed by atoms with Gasteiger partial charge < -0.3 is 5.32 Å². The second kappa shape index (κ2) is 3.01. The van der Waals surface area contributed by atoms with Gasteiger partial charge in [-0.1, -0.05) is 11.6 Å². The van der Waals surface area contributed by atoms with Crippen LogP contribution in [0, 0.1) is 0 Å². The predicted octanol–water partition coefficient (Wildman–Crippen LogP) is 2.55. The molecule has 1 nitrogen and oxygen atoms in total. The monoisotopic (exact) mass is 197 g/mol. The standard InChI is InChI=1S/C7H7ClF3N/c1-4-6(8)2-5(3-12-4)7(9,10)11/h2,12H,3H2,1H3. The van der Waals surface area contributed by atoms with Crippen molar-refractivity contribution < 1.29 is 13.2 Å². The molecular weight excluding hydrogens is 191 g/mol. The van der Waals surface area contributed by atoms with Crippen molar-refractivity contribution in [1.29, 1.82) is 0 Å². The fourth-order valence-corrected chi connectivity index (χ4v) is 1.01. The second-order valence-electron chi connectivity index (χ2n) is 2.49. The molecule has 0 atom stereocenters. The zero-order valence-corrected chi connectivity index (χ0v) is 7.05. The third-order valence-electron chi connectivity index (χ3n) is 1.57. The SMILES string of the molecule is CC1=C(Cl)C=C(C(F)(F)F)CN1. The smallest absolute Gasteiger partial charge is 0.383 e. The van der Waals surface area contributed by atoms with E-state index in [1.807, 2.05) is 0 Å². The number of dihydropyridines is 1. The van der Waals surface area contributed by atoms with Crippen LogP contribution in [-0.2, 0) is 0 Å². The molecule has 1 N–H and O–H groups in total. The van der Waals surface area contributed by atoms with Crippen LogP contribution in [0.3, 0.4) is 0 Å². The molecule has 0 bridgehead atoms. The van der Waals surface area contributed by atoms with Crippen molar-refractivity contribution >= 4 is 11.6 Å². The summed E-state index contributed by atoms with van der Waals surface area (Å²) in [5.41, 5.74) is -0.0669. The van der Waals surface area contributed by atoms with Gasteiger partial charge in [0.1, 0.15) is 0 Å². The van der Waals surface area contributed by atoms with Crippen LogP contribution in [-0.4, -0.2) is 12.7 Å². The minimum absolute atomic E-state index is 0.119. The van der Waals surface area contributed by atoms with Gasteiger partial charge in [-0.3, -0.25) is 0 Å². The molecule has 0 fully saturated rings. The maximum absolute atomic E-state index is 12.1. The summed E-state index contributed by atoms with van der Waals surface area (Å²) < 4.78 is 36.2. The first-order chi connectivity index (χ1) is 5.41. The van der Waals surface area contributed by atoms with Crippen LogP contribution in [0.4, 0.5) is 13.2 Å². The maximum atomic E-state index is 12.1. The van der Waals surface area contributed by atoms with E-state index in [4.69, 9.17) is 11.6 Å². The van der Waals surface area contributed by atoms with Gasteiger partial charge in [0.15, 0.2) is 0 Å². The van der Waals surface area contributed by atoms with Crippen molar-refractivity contribution in [2.75, 3.05) is 6.54 Å². The number of rotatable bonds is 0. The van der Waals surface area contributed by atoms with Crippen LogP contribution >= 0.6 is 11.6 Å². The minimum atomic E-state index is -4.28. The fraction of sp³-hybridized carbons (Fsp3) is 0.429. The van der Waals surface area contributed by atoms with Gasteiger partial charge in [0.25, 0.3) is 0 Å². The Morgan fingerprint density at radius 1 is 1.50 bits per heavy atom. The molecule has 0 amide bonds. The number of hydrogen-bond donors (Lipinski definition) is 1. The van der Waals surface area contributed by atoms with E-state index in [2.05, 4.69) is 5.32 Å². The van der Waals surface area contributed by atoms with Crippen molar-refractivity contribution in [2.45, 2.75) is 13.1 Å². The summed E-state index contributed by atoms with van der Waals surface area (Å²) in [4.78, 5) is 0. The van der Waals surface area contributed by atoms with Gasteiger partial charge in [-0.2, -0.15) is 13.2 Å². The molecule has 0 spiro atoms. The Hall–Kier alpha value is -0.640. The number of halogens is 4. The Morgan fingerprint density at radius 2 is 2.08 bits per heavy atom. The molecular formula is C7H7ClF3N.